The van der Waals surface area contributed by atoms with Crippen molar-refractivity contribution in [3.63, 3.8) is 0 Å². The van der Waals surface area contributed by atoms with E-state index in [0.717, 1.165) is 5.56 Å². The normalized spacial score (nSPS) is 28.9. The number of hydrogen-bond donors (Lipinski definition) is 0. The van der Waals surface area contributed by atoms with Gasteiger partial charge in [-0.25, -0.2) is 4.79 Å². The van der Waals surface area contributed by atoms with Gasteiger partial charge in [-0.1, -0.05) is 18.2 Å². The topological polar surface area (TPSA) is 97.4 Å². The van der Waals surface area contributed by atoms with Gasteiger partial charge < -0.3 is 23.7 Å². The van der Waals surface area contributed by atoms with E-state index < -0.39 is 40.1 Å². The number of methoxy groups -OCH3 is 5. The molecule has 0 heterocycles. The number of alkyl halides is 1. The molecule has 0 aliphatic heterocycles. The molecule has 0 saturated heterocycles. The molecule has 4 rings (SSSR count). The molecule has 8 nitrogen and oxygen atoms in total. The zero-order chi connectivity index (χ0) is 23.6. The van der Waals surface area contributed by atoms with Crippen molar-refractivity contribution in [2.75, 3.05) is 35.5 Å². The Morgan fingerprint density at radius 2 is 1.72 bits per heavy atom. The van der Waals surface area contributed by atoms with Crippen LogP contribution in [0.25, 0.3) is 0 Å². The van der Waals surface area contributed by atoms with Gasteiger partial charge >= 0.3 is 11.9 Å². The second-order valence-corrected chi connectivity index (χ2v) is 8.61. The lowest BCUT2D eigenvalue weighted by molar-refractivity contribution is -0.161. The number of carbonyl (C=O) groups is 3. The molecule has 2 bridgehead atoms. The van der Waals surface area contributed by atoms with Crippen LogP contribution in [-0.4, -0.2) is 57.8 Å². The number of hydrogen-bond acceptors (Lipinski definition) is 8. The molecule has 1 saturated carbocycles. The number of halogens is 1. The Labute approximate surface area is 194 Å². The average molecular weight is 509 g/mol. The molecule has 3 aliphatic carbocycles. The summed E-state index contributed by atoms with van der Waals surface area (Å²) in [4.78, 5) is 38.2. The molecule has 0 N–H and O–H groups in total. The van der Waals surface area contributed by atoms with Crippen LogP contribution < -0.4 is 9.47 Å². The van der Waals surface area contributed by atoms with Crippen molar-refractivity contribution < 1.29 is 38.1 Å². The van der Waals surface area contributed by atoms with Crippen molar-refractivity contribution in [2.45, 2.75) is 10.4 Å². The lowest BCUT2D eigenvalue weighted by Crippen LogP contribution is -2.60. The summed E-state index contributed by atoms with van der Waals surface area (Å²) in [5.74, 6) is -3.04. The standard InChI is InChI=1S/C23H25BrO8/c1-28-15-8-6-12(11-16(15)29-2)18-14-10-13(7-9-17(25)30-3)20(19(18)22(27)31-4)23(24,32-5)21(14)26/h6-11,14,18-20H,1-5H3/b9-7+. The number of fused-ring (bicyclic) bond motifs is 2. The Balaban J connectivity index is 2.21. The predicted octanol–water partition coefficient (Wildman–Crippen LogP) is 2.80. The third-order valence-electron chi connectivity index (χ3n) is 6.08. The third kappa shape index (κ3) is 3.84. The van der Waals surface area contributed by atoms with E-state index in [1.165, 1.54) is 41.6 Å². The van der Waals surface area contributed by atoms with Crippen LogP contribution >= 0.6 is 15.9 Å². The number of Topliss-reactive ketones (excluding diaryl/α,β-unsaturated/α-hetero) is 1. The maximum Gasteiger partial charge on any atom is 0.330 e. The first-order chi connectivity index (χ1) is 15.3. The molecular formula is C23H25BrO8. The summed E-state index contributed by atoms with van der Waals surface area (Å²) in [7, 11) is 7.01. The highest BCUT2D eigenvalue weighted by Gasteiger charge is 2.64. The van der Waals surface area contributed by atoms with Gasteiger partial charge in [0, 0.05) is 30.9 Å². The Morgan fingerprint density at radius 1 is 1.03 bits per heavy atom. The predicted molar refractivity (Wildman–Crippen MR) is 118 cm³/mol. The second-order valence-electron chi connectivity index (χ2n) is 7.43. The van der Waals surface area contributed by atoms with Gasteiger partial charge in [0.25, 0.3) is 0 Å². The molecule has 1 aromatic rings. The first-order valence-corrected chi connectivity index (χ1v) is 10.6. The maximum atomic E-state index is 13.5. The number of ether oxygens (including phenoxy) is 5. The largest absolute Gasteiger partial charge is 0.493 e. The van der Waals surface area contributed by atoms with Gasteiger partial charge in [0.2, 0.25) is 0 Å². The molecule has 0 aromatic heterocycles. The van der Waals surface area contributed by atoms with E-state index in [2.05, 4.69) is 20.7 Å². The minimum atomic E-state index is -1.45. The molecule has 0 amide bonds. The Kier molecular flexibility index (Phi) is 7.09. The van der Waals surface area contributed by atoms with E-state index in [9.17, 15) is 14.4 Å². The zero-order valence-electron chi connectivity index (χ0n) is 18.4. The van der Waals surface area contributed by atoms with E-state index in [-0.39, 0.29) is 5.78 Å². The monoisotopic (exact) mass is 508 g/mol. The van der Waals surface area contributed by atoms with Crippen molar-refractivity contribution in [3.8, 4) is 11.5 Å². The Bertz CT molecular complexity index is 984. The van der Waals surface area contributed by atoms with E-state index >= 15 is 0 Å². The number of benzene rings is 1. The SMILES string of the molecule is COC(=O)/C=C/C1=CC2C(=O)C(Br)(OC)C1C(C(=O)OC)C2c1ccc(OC)c(OC)c1. The quantitative estimate of drug-likeness (QED) is 0.315. The first-order valence-electron chi connectivity index (χ1n) is 9.83. The summed E-state index contributed by atoms with van der Waals surface area (Å²) in [5.41, 5.74) is 1.32. The molecular weight excluding hydrogens is 484 g/mol. The molecule has 3 aliphatic rings. The summed E-state index contributed by atoms with van der Waals surface area (Å²) in [6.45, 7) is 0. The lowest BCUT2D eigenvalue weighted by Gasteiger charge is -2.52. The van der Waals surface area contributed by atoms with Crippen LogP contribution in [0.1, 0.15) is 11.5 Å². The van der Waals surface area contributed by atoms with Crippen LogP contribution in [0, 0.1) is 17.8 Å². The molecule has 1 aromatic carbocycles. The highest BCUT2D eigenvalue weighted by atomic mass is 79.9. The lowest BCUT2D eigenvalue weighted by atomic mass is 9.55. The molecule has 5 atom stereocenters. The zero-order valence-corrected chi connectivity index (χ0v) is 20.0. The molecule has 172 valence electrons. The fourth-order valence-electron chi connectivity index (χ4n) is 4.63. The minimum Gasteiger partial charge on any atom is -0.493 e. The van der Waals surface area contributed by atoms with Crippen molar-refractivity contribution in [2.24, 2.45) is 17.8 Å². The van der Waals surface area contributed by atoms with Gasteiger partial charge in [-0.05, 0) is 39.2 Å². The van der Waals surface area contributed by atoms with E-state index in [1.807, 2.05) is 0 Å². The van der Waals surface area contributed by atoms with Crippen LogP contribution in [0.3, 0.4) is 0 Å². The van der Waals surface area contributed by atoms with Crippen molar-refractivity contribution in [3.05, 3.63) is 47.6 Å². The summed E-state index contributed by atoms with van der Waals surface area (Å²) >= 11 is 3.46. The van der Waals surface area contributed by atoms with Gasteiger partial charge in [0.05, 0.1) is 34.4 Å². The highest BCUT2D eigenvalue weighted by Crippen LogP contribution is 2.59. The molecule has 5 unspecified atom stereocenters. The molecule has 0 radical (unpaired) electrons. The van der Waals surface area contributed by atoms with Gasteiger partial charge in [0.1, 0.15) is 0 Å². The van der Waals surface area contributed by atoms with Crippen molar-refractivity contribution >= 4 is 33.7 Å². The molecule has 32 heavy (non-hydrogen) atoms. The minimum absolute atomic E-state index is 0.222. The third-order valence-corrected chi connectivity index (χ3v) is 7.29. The van der Waals surface area contributed by atoms with Crippen LogP contribution in [0.4, 0.5) is 0 Å². The Hall–Kier alpha value is -2.65. The first kappa shape index (κ1) is 24.0. The summed E-state index contributed by atoms with van der Waals surface area (Å²) in [6, 6.07) is 5.29. The van der Waals surface area contributed by atoms with Crippen LogP contribution in [0.15, 0.2) is 42.0 Å². The van der Waals surface area contributed by atoms with Crippen LogP contribution in [-0.2, 0) is 28.6 Å². The number of rotatable bonds is 7. The summed E-state index contributed by atoms with van der Waals surface area (Å²) in [5, 5.41) is 0. The number of carbonyl (C=O) groups excluding carboxylic acids is 3. The second kappa shape index (κ2) is 9.46. The molecule has 9 heteroatoms. The van der Waals surface area contributed by atoms with Crippen LogP contribution in [0.2, 0.25) is 0 Å². The smallest absolute Gasteiger partial charge is 0.330 e. The summed E-state index contributed by atoms with van der Waals surface area (Å²) < 4.78 is 24.7. The van der Waals surface area contributed by atoms with Gasteiger partial charge in [-0.15, -0.1) is 0 Å². The van der Waals surface area contributed by atoms with Gasteiger partial charge in [-0.3, -0.25) is 9.59 Å². The van der Waals surface area contributed by atoms with E-state index in [1.54, 1.807) is 30.4 Å². The number of ketones is 1. The van der Waals surface area contributed by atoms with E-state index in [4.69, 9.17) is 18.9 Å². The highest BCUT2D eigenvalue weighted by molar-refractivity contribution is 9.10. The molecule has 0 spiro atoms. The summed E-state index contributed by atoms with van der Waals surface area (Å²) in [6.07, 6.45) is 4.57. The molecule has 1 fully saturated rings. The number of esters is 2. The average Bonchev–Trinajstić information content (AvgIpc) is 2.83. The fraction of sp³-hybridized carbons (Fsp3) is 0.435. The fourth-order valence-corrected chi connectivity index (χ4v) is 5.44. The Morgan fingerprint density at radius 3 is 2.28 bits per heavy atom. The maximum absolute atomic E-state index is 13.5. The van der Waals surface area contributed by atoms with Crippen molar-refractivity contribution in [1.82, 2.24) is 0 Å². The van der Waals surface area contributed by atoms with E-state index in [0.29, 0.717) is 17.1 Å². The van der Waals surface area contributed by atoms with Crippen LogP contribution in [0.5, 0.6) is 11.5 Å². The number of allylic oxidation sites excluding steroid dienone is 2. The van der Waals surface area contributed by atoms with Crippen molar-refractivity contribution in [1.29, 1.82) is 0 Å². The van der Waals surface area contributed by atoms with Gasteiger partial charge in [0.15, 0.2) is 21.8 Å². The van der Waals surface area contributed by atoms with Gasteiger partial charge in [-0.2, -0.15) is 0 Å².